The monoisotopic (exact) mass is 403 g/mol. The number of aryl methyl sites for hydroxylation is 1. The number of benzene rings is 1. The Labute approximate surface area is 172 Å². The minimum Gasteiger partial charge on any atom is -0.393 e. The number of hydrogen-bond donors (Lipinski definition) is 2. The first-order valence-corrected chi connectivity index (χ1v) is 9.88. The van der Waals surface area contributed by atoms with E-state index in [2.05, 4.69) is 10.4 Å². The van der Waals surface area contributed by atoms with E-state index >= 15 is 0 Å². The number of nitrogens with one attached hydrogen (secondary N) is 1. The Kier molecular flexibility index (Phi) is 7.44. The second kappa shape index (κ2) is 9.39. The van der Waals surface area contributed by atoms with Crippen molar-refractivity contribution in [2.24, 2.45) is 5.41 Å². The molecule has 1 aromatic heterocycles. The number of carbonyl (C=O) groups is 1. The van der Waals surface area contributed by atoms with Gasteiger partial charge in [-0.2, -0.15) is 5.10 Å². The average molecular weight is 404 g/mol. The largest absolute Gasteiger partial charge is 0.393 e. The summed E-state index contributed by atoms with van der Waals surface area (Å²) in [5, 5.41) is 17.8. The lowest BCUT2D eigenvalue weighted by Gasteiger charge is -2.26. The summed E-state index contributed by atoms with van der Waals surface area (Å²) in [5.74, 6) is -0.156. The lowest BCUT2D eigenvalue weighted by Crippen LogP contribution is -2.34. The zero-order valence-electron chi connectivity index (χ0n) is 17.3. The second-order valence-corrected chi connectivity index (χ2v) is 8.51. The number of aromatic nitrogens is 2. The zero-order chi connectivity index (χ0) is 20.9. The number of halogens is 1. The van der Waals surface area contributed by atoms with Crippen LogP contribution in [-0.4, -0.2) is 33.4 Å². The molecule has 6 heteroatoms. The average Bonchev–Trinajstić information content (AvgIpc) is 2.86. The molecule has 2 N–H and O–H groups in total. The van der Waals surface area contributed by atoms with Gasteiger partial charge in [-0.15, -0.1) is 0 Å². The lowest BCUT2D eigenvalue weighted by atomic mass is 9.87. The second-order valence-electron chi connectivity index (χ2n) is 8.10. The fourth-order valence-electron chi connectivity index (χ4n) is 3.31. The van der Waals surface area contributed by atoms with Gasteiger partial charge < -0.3 is 10.4 Å². The number of carbonyl (C=O) groups excluding carboxylic acids is 1. The van der Waals surface area contributed by atoms with Crippen molar-refractivity contribution in [2.75, 3.05) is 6.54 Å². The molecule has 2 rings (SSSR count). The fourth-order valence-corrected chi connectivity index (χ4v) is 3.51. The molecule has 0 saturated heterocycles. The van der Waals surface area contributed by atoms with Crippen LogP contribution >= 0.6 is 11.6 Å². The molecular formula is C22H30ClN3O2. The predicted molar refractivity (Wildman–Crippen MR) is 114 cm³/mol. The van der Waals surface area contributed by atoms with E-state index in [1.54, 1.807) is 13.0 Å². The van der Waals surface area contributed by atoms with Crippen molar-refractivity contribution in [2.45, 2.75) is 53.7 Å². The van der Waals surface area contributed by atoms with Gasteiger partial charge in [-0.1, -0.05) is 43.6 Å². The van der Waals surface area contributed by atoms with Crippen LogP contribution in [0.5, 0.6) is 0 Å². The highest BCUT2D eigenvalue weighted by molar-refractivity contribution is 6.31. The van der Waals surface area contributed by atoms with Crippen LogP contribution < -0.4 is 5.32 Å². The van der Waals surface area contributed by atoms with E-state index in [0.717, 1.165) is 22.5 Å². The molecule has 1 atom stereocenters. The first kappa shape index (κ1) is 22.2. The van der Waals surface area contributed by atoms with Crippen molar-refractivity contribution in [1.29, 1.82) is 0 Å². The van der Waals surface area contributed by atoms with E-state index in [0.29, 0.717) is 24.5 Å². The standard InChI is InChI=1S/C22H30ClN3O2/c1-15(27)12-22(4,5)14-24-21(28)11-10-19-16(2)25-26(17(19)3)13-18-8-6-7-9-20(18)23/h6-11,15,27H,12-14H2,1-5H3,(H,24,28). The summed E-state index contributed by atoms with van der Waals surface area (Å²) in [5.41, 5.74) is 3.62. The number of hydrogen-bond acceptors (Lipinski definition) is 3. The highest BCUT2D eigenvalue weighted by Gasteiger charge is 2.20. The van der Waals surface area contributed by atoms with Gasteiger partial charge in [0.25, 0.3) is 0 Å². The molecule has 0 fully saturated rings. The topological polar surface area (TPSA) is 67.2 Å². The molecule has 0 saturated carbocycles. The normalized spacial score (nSPS) is 13.1. The third kappa shape index (κ3) is 6.21. The number of nitrogens with zero attached hydrogens (tertiary/aromatic N) is 2. The molecular weight excluding hydrogens is 374 g/mol. The van der Waals surface area contributed by atoms with Crippen LogP contribution in [0.3, 0.4) is 0 Å². The van der Waals surface area contributed by atoms with Crippen LogP contribution in [0.1, 0.15) is 49.7 Å². The van der Waals surface area contributed by atoms with E-state index in [4.69, 9.17) is 11.6 Å². The summed E-state index contributed by atoms with van der Waals surface area (Å²) in [6.45, 7) is 10.8. The molecule has 0 aliphatic carbocycles. The van der Waals surface area contributed by atoms with Gasteiger partial charge in [0, 0.05) is 28.9 Å². The minimum absolute atomic E-state index is 0.156. The summed E-state index contributed by atoms with van der Waals surface area (Å²) < 4.78 is 1.90. The molecule has 152 valence electrons. The Bertz CT molecular complexity index is 853. The van der Waals surface area contributed by atoms with E-state index in [9.17, 15) is 9.90 Å². The van der Waals surface area contributed by atoms with Crippen LogP contribution in [0.2, 0.25) is 5.02 Å². The third-order valence-corrected chi connectivity index (χ3v) is 5.07. The molecule has 0 aliphatic heterocycles. The van der Waals surface area contributed by atoms with E-state index in [1.165, 1.54) is 6.08 Å². The smallest absolute Gasteiger partial charge is 0.244 e. The molecule has 1 aromatic carbocycles. The van der Waals surface area contributed by atoms with E-state index < -0.39 is 6.10 Å². The summed E-state index contributed by atoms with van der Waals surface area (Å²) in [7, 11) is 0. The number of aliphatic hydroxyl groups excluding tert-OH is 1. The van der Waals surface area contributed by atoms with Crippen LogP contribution in [-0.2, 0) is 11.3 Å². The molecule has 2 aromatic rings. The predicted octanol–water partition coefficient (Wildman–Crippen LogP) is 4.13. The van der Waals surface area contributed by atoms with Crippen molar-refractivity contribution >= 4 is 23.6 Å². The third-order valence-electron chi connectivity index (χ3n) is 4.71. The first-order chi connectivity index (χ1) is 13.1. The van der Waals surface area contributed by atoms with E-state index in [1.807, 2.05) is 56.6 Å². The van der Waals surface area contributed by atoms with Crippen molar-refractivity contribution < 1.29 is 9.90 Å². The summed E-state index contributed by atoms with van der Waals surface area (Å²) in [4.78, 5) is 12.2. The van der Waals surface area contributed by atoms with Gasteiger partial charge >= 0.3 is 0 Å². The van der Waals surface area contributed by atoms with Crippen molar-refractivity contribution in [1.82, 2.24) is 15.1 Å². The Balaban J connectivity index is 2.05. The molecule has 0 spiro atoms. The maximum Gasteiger partial charge on any atom is 0.244 e. The Morgan fingerprint density at radius 2 is 2.04 bits per heavy atom. The summed E-state index contributed by atoms with van der Waals surface area (Å²) in [6.07, 6.45) is 3.58. The molecule has 0 bridgehead atoms. The van der Waals surface area contributed by atoms with Gasteiger partial charge in [0.05, 0.1) is 18.3 Å². The van der Waals surface area contributed by atoms with Gasteiger partial charge in [0.1, 0.15) is 0 Å². The Hall–Kier alpha value is -2.11. The van der Waals surface area contributed by atoms with E-state index in [-0.39, 0.29) is 11.3 Å². The Morgan fingerprint density at radius 1 is 1.36 bits per heavy atom. The maximum atomic E-state index is 12.2. The highest BCUT2D eigenvalue weighted by Crippen LogP contribution is 2.22. The van der Waals surface area contributed by atoms with Gasteiger partial charge in [-0.05, 0) is 50.3 Å². The zero-order valence-corrected chi connectivity index (χ0v) is 18.0. The number of amides is 1. The molecule has 5 nitrogen and oxygen atoms in total. The minimum atomic E-state index is -0.392. The van der Waals surface area contributed by atoms with Gasteiger partial charge in [-0.25, -0.2) is 0 Å². The van der Waals surface area contributed by atoms with Crippen molar-refractivity contribution in [3.63, 3.8) is 0 Å². The van der Waals surface area contributed by atoms with Gasteiger partial charge in [0.2, 0.25) is 5.91 Å². The first-order valence-electron chi connectivity index (χ1n) is 9.50. The summed E-state index contributed by atoms with van der Waals surface area (Å²) in [6, 6.07) is 7.71. The van der Waals surface area contributed by atoms with Crippen molar-refractivity contribution in [3.8, 4) is 0 Å². The van der Waals surface area contributed by atoms with Gasteiger partial charge in [-0.3, -0.25) is 9.48 Å². The molecule has 0 radical (unpaired) electrons. The number of rotatable bonds is 8. The molecule has 28 heavy (non-hydrogen) atoms. The molecule has 1 heterocycles. The SMILES string of the molecule is Cc1nn(Cc2ccccc2Cl)c(C)c1C=CC(=O)NCC(C)(C)CC(C)O. The van der Waals surface area contributed by atoms with Gasteiger partial charge in [0.15, 0.2) is 0 Å². The fraction of sp³-hybridized carbons (Fsp3) is 0.455. The molecule has 1 amide bonds. The van der Waals surface area contributed by atoms with Crippen molar-refractivity contribution in [3.05, 3.63) is 57.9 Å². The maximum absolute atomic E-state index is 12.2. The summed E-state index contributed by atoms with van der Waals surface area (Å²) >= 11 is 6.26. The van der Waals surface area contributed by atoms with Crippen LogP contribution in [0.4, 0.5) is 0 Å². The molecule has 1 unspecified atom stereocenters. The van der Waals surface area contributed by atoms with Crippen LogP contribution in [0.15, 0.2) is 30.3 Å². The quantitative estimate of drug-likeness (QED) is 0.651. The number of aliphatic hydroxyl groups is 1. The lowest BCUT2D eigenvalue weighted by molar-refractivity contribution is -0.117. The molecule has 0 aliphatic rings. The van der Waals surface area contributed by atoms with Crippen LogP contribution in [0.25, 0.3) is 6.08 Å². The van der Waals surface area contributed by atoms with Crippen LogP contribution in [0, 0.1) is 19.3 Å². The Morgan fingerprint density at radius 3 is 2.68 bits per heavy atom. The highest BCUT2D eigenvalue weighted by atomic mass is 35.5.